The van der Waals surface area contributed by atoms with E-state index in [-0.39, 0.29) is 30.7 Å². The Bertz CT molecular complexity index is 1760. The van der Waals surface area contributed by atoms with Gasteiger partial charge in [0.05, 0.1) is 63.6 Å². The number of sulfone groups is 1. The average Bonchev–Trinajstić information content (AvgIpc) is 3.57. The molecule has 0 amide bonds. The second-order valence-corrected chi connectivity index (χ2v) is 15.9. The highest BCUT2D eigenvalue weighted by molar-refractivity contribution is 7.97. The molecule has 1 saturated heterocycles. The van der Waals surface area contributed by atoms with Gasteiger partial charge in [0.1, 0.15) is 30.7 Å². The van der Waals surface area contributed by atoms with E-state index in [1.54, 1.807) is 12.1 Å². The molecular weight excluding hydrogens is 744 g/mol. The molecule has 0 unspecified atom stereocenters. The lowest BCUT2D eigenvalue weighted by Gasteiger charge is -2.25. The molecule has 1 aliphatic heterocycles. The Balaban J connectivity index is 1.45. The van der Waals surface area contributed by atoms with E-state index >= 15 is 0 Å². The highest BCUT2D eigenvalue weighted by Gasteiger charge is 2.47. The van der Waals surface area contributed by atoms with Crippen LogP contribution >= 0.6 is 30.8 Å². The number of halogens is 2. The maximum Gasteiger partial charge on any atom is 0.340 e. The van der Waals surface area contributed by atoms with Gasteiger partial charge < -0.3 is 48.6 Å². The minimum Gasteiger partial charge on any atom is -0.387 e. The number of anilines is 1. The molecule has 50 heavy (non-hydrogen) atoms. The Morgan fingerprint density at radius 2 is 1.62 bits per heavy atom. The predicted octanol–water partition coefficient (Wildman–Crippen LogP) is 1.01. The zero-order chi connectivity index (χ0) is 36.3. The first-order valence-corrected chi connectivity index (χ1v) is 19.6. The lowest BCUT2D eigenvalue weighted by molar-refractivity contribution is -0.0364. The van der Waals surface area contributed by atoms with Crippen LogP contribution in [0.15, 0.2) is 30.5 Å². The summed E-state index contributed by atoms with van der Waals surface area (Å²) in [5, 5.41) is 26.4. The molecular formula is C29H38Cl2N5O12PS. The molecule has 3 heterocycles. The first kappa shape index (κ1) is 40.3. The maximum atomic E-state index is 12.4. The molecule has 0 bridgehead atoms. The lowest BCUT2D eigenvalue weighted by Crippen LogP contribution is -2.36. The SMILES string of the molecule is C#CCOCCOCCOCCOCCN(Cc1ccccc1Cl)c1nc(Cl)nc2c1cnn2[C@@H]1O[C@H](CS(=O)(=O)CP(=O)(O)O)[C@@H](O)[C@H]1O. The van der Waals surface area contributed by atoms with Crippen molar-refractivity contribution in [2.75, 3.05) is 75.5 Å². The van der Waals surface area contributed by atoms with E-state index in [0.717, 1.165) is 10.2 Å². The first-order valence-electron chi connectivity index (χ1n) is 15.2. The molecule has 2 aromatic heterocycles. The van der Waals surface area contributed by atoms with Gasteiger partial charge in [0.15, 0.2) is 27.2 Å². The third-order valence-corrected chi connectivity index (χ3v) is 11.5. The second-order valence-electron chi connectivity index (χ2n) is 11.0. The smallest absolute Gasteiger partial charge is 0.340 e. The van der Waals surface area contributed by atoms with Crippen LogP contribution in [-0.4, -0.2) is 137 Å². The number of rotatable bonds is 21. The van der Waals surface area contributed by atoms with Crippen LogP contribution < -0.4 is 4.90 Å². The minimum atomic E-state index is -4.93. The van der Waals surface area contributed by atoms with E-state index in [0.29, 0.717) is 62.4 Å². The molecule has 0 aliphatic carbocycles. The zero-order valence-electron chi connectivity index (χ0n) is 26.7. The van der Waals surface area contributed by atoms with Gasteiger partial charge in [-0.1, -0.05) is 35.7 Å². The molecule has 3 aromatic rings. The van der Waals surface area contributed by atoms with Gasteiger partial charge in [-0.25, -0.2) is 13.1 Å². The van der Waals surface area contributed by atoms with Crippen molar-refractivity contribution < 1.29 is 56.7 Å². The lowest BCUT2D eigenvalue weighted by atomic mass is 10.1. The summed E-state index contributed by atoms with van der Waals surface area (Å²) in [6.07, 6.45) is 0.158. The van der Waals surface area contributed by atoms with Gasteiger partial charge in [0.25, 0.3) is 0 Å². The van der Waals surface area contributed by atoms with Gasteiger partial charge in [-0.3, -0.25) is 4.57 Å². The quantitative estimate of drug-likeness (QED) is 0.0512. The number of nitrogens with zero attached hydrogens (tertiary/aromatic N) is 5. The number of aliphatic hydroxyl groups excluding tert-OH is 2. The van der Waals surface area contributed by atoms with Crippen LogP contribution in [0, 0.1) is 12.3 Å². The monoisotopic (exact) mass is 781 g/mol. The molecule has 4 N–H and O–H groups in total. The van der Waals surface area contributed by atoms with E-state index in [2.05, 4.69) is 21.0 Å². The largest absolute Gasteiger partial charge is 0.387 e. The fourth-order valence-electron chi connectivity index (χ4n) is 5.00. The number of fused-ring (bicyclic) bond motifs is 1. The predicted molar refractivity (Wildman–Crippen MR) is 182 cm³/mol. The minimum absolute atomic E-state index is 0.0956. The molecule has 4 rings (SSSR count). The Kier molecular flexibility index (Phi) is 15.2. The van der Waals surface area contributed by atoms with Gasteiger partial charge in [0.2, 0.25) is 5.28 Å². The molecule has 0 radical (unpaired) electrons. The van der Waals surface area contributed by atoms with Crippen molar-refractivity contribution >= 4 is 57.5 Å². The summed E-state index contributed by atoms with van der Waals surface area (Å²) >= 11 is 12.8. The first-order chi connectivity index (χ1) is 23.8. The Hall–Kier alpha value is -2.47. The maximum absolute atomic E-state index is 12.4. The number of ether oxygens (including phenoxy) is 5. The van der Waals surface area contributed by atoms with Gasteiger partial charge in [-0.2, -0.15) is 15.1 Å². The number of hydrogen-bond acceptors (Lipinski definition) is 14. The van der Waals surface area contributed by atoms with E-state index < -0.39 is 53.2 Å². The van der Waals surface area contributed by atoms with Crippen molar-refractivity contribution in [3.63, 3.8) is 0 Å². The molecule has 0 spiro atoms. The van der Waals surface area contributed by atoms with Crippen LogP contribution in [0.3, 0.4) is 0 Å². The van der Waals surface area contributed by atoms with Crippen LogP contribution in [0.25, 0.3) is 11.0 Å². The summed E-state index contributed by atoms with van der Waals surface area (Å²) in [4.78, 5) is 28.8. The Labute approximate surface area is 298 Å². The topological polar surface area (TPSA) is 225 Å². The van der Waals surface area contributed by atoms with Gasteiger partial charge in [0, 0.05) is 18.1 Å². The van der Waals surface area contributed by atoms with E-state index in [1.807, 2.05) is 17.0 Å². The van der Waals surface area contributed by atoms with Crippen molar-refractivity contribution in [3.05, 3.63) is 46.3 Å². The number of aromatic nitrogens is 4. The molecule has 1 aliphatic rings. The fourth-order valence-corrected chi connectivity index (χ4v) is 8.60. The van der Waals surface area contributed by atoms with Gasteiger partial charge >= 0.3 is 7.60 Å². The number of benzene rings is 1. The summed E-state index contributed by atoms with van der Waals surface area (Å²) < 4.78 is 64.7. The van der Waals surface area contributed by atoms with Gasteiger partial charge in [-0.05, 0) is 23.2 Å². The molecule has 1 aromatic carbocycles. The second kappa shape index (κ2) is 18.9. The third-order valence-electron chi connectivity index (χ3n) is 7.19. The van der Waals surface area contributed by atoms with Crippen LogP contribution in [0.2, 0.25) is 10.3 Å². The fraction of sp³-hybridized carbons (Fsp3) is 0.552. The van der Waals surface area contributed by atoms with Crippen molar-refractivity contribution in [1.29, 1.82) is 0 Å². The highest BCUT2D eigenvalue weighted by atomic mass is 35.5. The number of hydrogen-bond donors (Lipinski definition) is 4. The van der Waals surface area contributed by atoms with Crippen molar-refractivity contribution in [2.45, 2.75) is 31.1 Å². The van der Waals surface area contributed by atoms with E-state index in [1.165, 1.54) is 6.20 Å². The summed E-state index contributed by atoms with van der Waals surface area (Å²) in [6.45, 7) is 3.26. The molecule has 1 fully saturated rings. The molecule has 0 saturated carbocycles. The summed E-state index contributed by atoms with van der Waals surface area (Å²) in [7, 11) is -9.31. The number of aliphatic hydroxyl groups is 2. The summed E-state index contributed by atoms with van der Waals surface area (Å²) in [5.41, 5.74) is -0.574. The average molecular weight is 783 g/mol. The molecule has 4 atom stereocenters. The Morgan fingerprint density at radius 3 is 2.26 bits per heavy atom. The van der Waals surface area contributed by atoms with E-state index in [4.69, 9.17) is 63.1 Å². The zero-order valence-corrected chi connectivity index (χ0v) is 29.9. The molecule has 276 valence electrons. The van der Waals surface area contributed by atoms with Crippen molar-refractivity contribution in [2.24, 2.45) is 0 Å². The number of terminal acetylenes is 1. The Morgan fingerprint density at radius 1 is 0.980 bits per heavy atom. The normalized spacial score (nSPS) is 19.6. The van der Waals surface area contributed by atoms with Crippen molar-refractivity contribution in [1.82, 2.24) is 19.7 Å². The van der Waals surface area contributed by atoms with E-state index in [9.17, 15) is 23.2 Å². The molecule has 17 nitrogen and oxygen atoms in total. The highest BCUT2D eigenvalue weighted by Crippen LogP contribution is 2.38. The van der Waals surface area contributed by atoms with Crippen LogP contribution in [0.1, 0.15) is 11.8 Å². The molecule has 21 heteroatoms. The summed E-state index contributed by atoms with van der Waals surface area (Å²) in [5.74, 6) is 1.75. The van der Waals surface area contributed by atoms with Crippen molar-refractivity contribution in [3.8, 4) is 12.3 Å². The third kappa shape index (κ3) is 11.8. The standard InChI is InChI=1S/C29H38Cl2N5O12PS/c1-2-8-44-10-12-46-14-15-47-13-11-45-9-7-35(17-20-5-3-4-6-22(20)30)26-21-16-32-36(27(21)34-29(31)33-26)28-25(38)24(37)23(48-28)18-50(42,43)19-49(39,40)41/h1,3-6,16,23-25,28,37-38H,7-15,17-19H2,(H2,39,40,41)/t23-,24-,25-,28-/m1/s1. The van der Waals surface area contributed by atoms with Crippen LogP contribution in [0.4, 0.5) is 5.82 Å². The van der Waals surface area contributed by atoms with Crippen LogP contribution in [-0.2, 0) is 44.6 Å². The summed E-state index contributed by atoms with van der Waals surface area (Å²) in [6, 6.07) is 7.23. The van der Waals surface area contributed by atoms with Gasteiger partial charge in [-0.15, -0.1) is 6.42 Å². The van der Waals surface area contributed by atoms with Crippen LogP contribution in [0.5, 0.6) is 0 Å².